The number of thiazole rings is 1. The van der Waals surface area contributed by atoms with Gasteiger partial charge in [0.1, 0.15) is 0 Å². The summed E-state index contributed by atoms with van der Waals surface area (Å²) in [4.78, 5) is 18.9. The van der Waals surface area contributed by atoms with E-state index in [-0.39, 0.29) is 17.9 Å². The van der Waals surface area contributed by atoms with Crippen molar-refractivity contribution in [3.8, 4) is 0 Å². The fourth-order valence-corrected chi connectivity index (χ4v) is 4.46. The van der Waals surface area contributed by atoms with Gasteiger partial charge in [-0.2, -0.15) is 0 Å². The highest BCUT2D eigenvalue weighted by Crippen LogP contribution is 2.35. The van der Waals surface area contributed by atoms with Crippen molar-refractivity contribution in [2.24, 2.45) is 17.8 Å². The van der Waals surface area contributed by atoms with Crippen LogP contribution < -0.4 is 5.32 Å². The molecule has 126 valence electrons. The fraction of sp³-hybridized carbons (Fsp3) is 0.765. The zero-order valence-electron chi connectivity index (χ0n) is 13.7. The predicted octanol–water partition coefficient (Wildman–Crippen LogP) is 1.81. The van der Waals surface area contributed by atoms with Crippen LogP contribution in [0.2, 0.25) is 0 Å². The van der Waals surface area contributed by atoms with Gasteiger partial charge < -0.3 is 10.1 Å². The summed E-state index contributed by atoms with van der Waals surface area (Å²) in [6, 6.07) is 0. The lowest BCUT2D eigenvalue weighted by molar-refractivity contribution is -0.122. The molecule has 1 aromatic rings. The average Bonchev–Trinajstić information content (AvgIpc) is 3.21. The van der Waals surface area contributed by atoms with Crippen molar-refractivity contribution >= 4 is 17.2 Å². The minimum absolute atomic E-state index is 0.183. The Kier molecular flexibility index (Phi) is 4.39. The van der Waals surface area contributed by atoms with E-state index in [9.17, 15) is 4.79 Å². The number of nitrogens with zero attached hydrogens (tertiary/aromatic N) is 2. The molecule has 0 aromatic carbocycles. The van der Waals surface area contributed by atoms with Gasteiger partial charge in [-0.1, -0.05) is 0 Å². The Balaban J connectivity index is 1.32. The zero-order valence-corrected chi connectivity index (χ0v) is 14.5. The molecule has 2 saturated heterocycles. The number of hydrogen-bond donors (Lipinski definition) is 1. The van der Waals surface area contributed by atoms with Crippen LogP contribution in [0.15, 0.2) is 5.38 Å². The molecule has 23 heavy (non-hydrogen) atoms. The van der Waals surface area contributed by atoms with Crippen LogP contribution in [0, 0.1) is 24.7 Å². The van der Waals surface area contributed by atoms with Crippen LogP contribution in [-0.4, -0.2) is 48.1 Å². The van der Waals surface area contributed by atoms with Crippen molar-refractivity contribution in [2.45, 2.75) is 38.8 Å². The highest BCUT2D eigenvalue weighted by molar-refractivity contribution is 7.09. The first kappa shape index (κ1) is 15.5. The summed E-state index contributed by atoms with van der Waals surface area (Å²) in [6.07, 6.45) is 3.50. The Hall–Kier alpha value is -0.980. The Labute approximate surface area is 141 Å². The van der Waals surface area contributed by atoms with Gasteiger partial charge in [0.2, 0.25) is 5.91 Å². The van der Waals surface area contributed by atoms with Crippen molar-refractivity contribution in [3.05, 3.63) is 16.1 Å². The van der Waals surface area contributed by atoms with Crippen molar-refractivity contribution in [1.29, 1.82) is 0 Å². The minimum atomic E-state index is 0.183. The fourth-order valence-electron chi connectivity index (χ4n) is 3.85. The SMILES string of the molecule is Cc1nc(CN2CC[C@H]3CO[C@H](CNC(=O)C4CC4)[C@H]3C2)cs1. The summed E-state index contributed by atoms with van der Waals surface area (Å²) in [6.45, 7) is 6.73. The van der Waals surface area contributed by atoms with Crippen LogP contribution in [0.4, 0.5) is 0 Å². The molecule has 5 nitrogen and oxygen atoms in total. The monoisotopic (exact) mass is 335 g/mol. The molecular formula is C17H25N3O2S. The molecule has 1 aliphatic carbocycles. The molecule has 1 saturated carbocycles. The molecule has 0 spiro atoms. The summed E-state index contributed by atoms with van der Waals surface area (Å²) in [5.41, 5.74) is 1.18. The van der Waals surface area contributed by atoms with Crippen LogP contribution in [0.25, 0.3) is 0 Å². The molecule has 4 rings (SSSR count). The Morgan fingerprint density at radius 3 is 3.09 bits per heavy atom. The molecule has 3 aliphatic rings. The molecule has 3 heterocycles. The lowest BCUT2D eigenvalue weighted by Crippen LogP contribution is -2.45. The largest absolute Gasteiger partial charge is 0.376 e. The van der Waals surface area contributed by atoms with E-state index in [1.165, 1.54) is 12.1 Å². The van der Waals surface area contributed by atoms with E-state index in [2.05, 4.69) is 27.5 Å². The second-order valence-corrected chi connectivity index (χ2v) is 8.26. The third-order valence-electron chi connectivity index (χ3n) is 5.37. The average molecular weight is 335 g/mol. The zero-order chi connectivity index (χ0) is 15.8. The number of aromatic nitrogens is 1. The minimum Gasteiger partial charge on any atom is -0.376 e. The maximum atomic E-state index is 11.8. The normalized spacial score (nSPS) is 31.1. The van der Waals surface area contributed by atoms with Crippen molar-refractivity contribution in [2.75, 3.05) is 26.2 Å². The molecule has 2 aliphatic heterocycles. The topological polar surface area (TPSA) is 54.5 Å². The van der Waals surface area contributed by atoms with Crippen LogP contribution in [0.5, 0.6) is 0 Å². The van der Waals surface area contributed by atoms with Gasteiger partial charge in [0, 0.05) is 36.9 Å². The van der Waals surface area contributed by atoms with E-state index >= 15 is 0 Å². The summed E-state index contributed by atoms with van der Waals surface area (Å²) in [7, 11) is 0. The molecule has 3 atom stereocenters. The Morgan fingerprint density at radius 2 is 2.35 bits per heavy atom. The predicted molar refractivity (Wildman–Crippen MR) is 89.2 cm³/mol. The summed E-state index contributed by atoms with van der Waals surface area (Å²) < 4.78 is 6.00. The quantitative estimate of drug-likeness (QED) is 0.892. The Bertz CT molecular complexity index is 572. The van der Waals surface area contributed by atoms with Gasteiger partial charge in [-0.15, -0.1) is 11.3 Å². The first-order valence-corrected chi connectivity index (χ1v) is 9.59. The Morgan fingerprint density at radius 1 is 1.48 bits per heavy atom. The van der Waals surface area contributed by atoms with Gasteiger partial charge in [-0.25, -0.2) is 4.98 Å². The number of amides is 1. The van der Waals surface area contributed by atoms with Gasteiger partial charge in [-0.05, 0) is 38.6 Å². The third-order valence-corrected chi connectivity index (χ3v) is 6.19. The number of rotatable bonds is 5. The van der Waals surface area contributed by atoms with Crippen LogP contribution >= 0.6 is 11.3 Å². The standard InChI is InChI=1S/C17H25N3O2S/c1-11-19-14(10-23-11)7-20-5-4-13-9-22-16(15(13)8-20)6-18-17(21)12-2-3-12/h10,12-13,15-16H,2-9H2,1H3,(H,18,21)/t13-,15-,16+/m0/s1. The van der Waals surface area contributed by atoms with Crippen molar-refractivity contribution in [1.82, 2.24) is 15.2 Å². The smallest absolute Gasteiger partial charge is 0.223 e. The number of piperidine rings is 1. The lowest BCUT2D eigenvalue weighted by atomic mass is 9.84. The number of likely N-dealkylation sites (tertiary alicyclic amines) is 1. The molecular weight excluding hydrogens is 310 g/mol. The van der Waals surface area contributed by atoms with Gasteiger partial charge in [0.25, 0.3) is 0 Å². The molecule has 6 heteroatoms. The summed E-state index contributed by atoms with van der Waals surface area (Å²) in [5, 5.41) is 6.40. The molecule has 1 N–H and O–H groups in total. The first-order valence-electron chi connectivity index (χ1n) is 8.71. The number of carbonyl (C=O) groups excluding carboxylic acids is 1. The number of aryl methyl sites for hydroxylation is 1. The van der Waals surface area contributed by atoms with Gasteiger partial charge in [0.15, 0.2) is 0 Å². The van der Waals surface area contributed by atoms with E-state index in [0.29, 0.717) is 18.4 Å². The highest BCUT2D eigenvalue weighted by Gasteiger charge is 2.41. The van der Waals surface area contributed by atoms with E-state index in [1.807, 2.05) is 0 Å². The number of nitrogens with one attached hydrogen (secondary N) is 1. The van der Waals surface area contributed by atoms with Crippen molar-refractivity contribution in [3.63, 3.8) is 0 Å². The second kappa shape index (κ2) is 6.49. The third kappa shape index (κ3) is 3.59. The molecule has 1 aromatic heterocycles. The second-order valence-electron chi connectivity index (χ2n) is 7.20. The first-order chi connectivity index (χ1) is 11.2. The maximum Gasteiger partial charge on any atom is 0.223 e. The molecule has 0 radical (unpaired) electrons. The number of carbonyl (C=O) groups is 1. The lowest BCUT2D eigenvalue weighted by Gasteiger charge is -2.35. The summed E-state index contributed by atoms with van der Waals surface area (Å²) >= 11 is 1.72. The molecule has 0 bridgehead atoms. The molecule has 0 unspecified atom stereocenters. The maximum absolute atomic E-state index is 11.8. The van der Waals surface area contributed by atoms with E-state index in [4.69, 9.17) is 4.74 Å². The van der Waals surface area contributed by atoms with Crippen LogP contribution in [0.1, 0.15) is 30.0 Å². The van der Waals surface area contributed by atoms with Gasteiger partial charge in [-0.3, -0.25) is 9.69 Å². The van der Waals surface area contributed by atoms with Gasteiger partial charge in [0.05, 0.1) is 23.4 Å². The summed E-state index contributed by atoms with van der Waals surface area (Å²) in [5.74, 6) is 1.71. The molecule has 3 fully saturated rings. The van der Waals surface area contributed by atoms with E-state index in [0.717, 1.165) is 44.1 Å². The van der Waals surface area contributed by atoms with Gasteiger partial charge >= 0.3 is 0 Å². The van der Waals surface area contributed by atoms with Crippen molar-refractivity contribution < 1.29 is 9.53 Å². The van der Waals surface area contributed by atoms with E-state index in [1.54, 1.807) is 11.3 Å². The van der Waals surface area contributed by atoms with Crippen LogP contribution in [0.3, 0.4) is 0 Å². The number of ether oxygens (including phenoxy) is 1. The van der Waals surface area contributed by atoms with E-state index < -0.39 is 0 Å². The van der Waals surface area contributed by atoms with Crippen LogP contribution in [-0.2, 0) is 16.1 Å². The number of hydrogen-bond acceptors (Lipinski definition) is 5. The number of fused-ring (bicyclic) bond motifs is 1. The molecule has 1 amide bonds. The highest BCUT2D eigenvalue weighted by atomic mass is 32.1.